The van der Waals surface area contributed by atoms with Crippen LogP contribution in [0.5, 0.6) is 0 Å². The van der Waals surface area contributed by atoms with Gasteiger partial charge >= 0.3 is 0 Å². The molecule has 0 spiro atoms. The topological polar surface area (TPSA) is 78.0 Å². The lowest BCUT2D eigenvalue weighted by Gasteiger charge is -2.05. The van der Waals surface area contributed by atoms with E-state index in [1.54, 1.807) is 29.0 Å². The van der Waals surface area contributed by atoms with Gasteiger partial charge in [0.2, 0.25) is 0 Å². The number of imidazole rings is 1. The van der Waals surface area contributed by atoms with Crippen molar-refractivity contribution in [3.05, 3.63) is 58.2 Å². The average molecular weight is 245 g/mol. The summed E-state index contributed by atoms with van der Waals surface area (Å²) in [6.07, 6.45) is 4.36. The Bertz CT molecular complexity index is 577. The van der Waals surface area contributed by atoms with Crippen LogP contribution in [0.2, 0.25) is 0 Å². The van der Waals surface area contributed by atoms with Crippen LogP contribution in [0.4, 0.5) is 5.69 Å². The quantitative estimate of drug-likeness (QED) is 0.457. The monoisotopic (exact) mass is 245 g/mol. The molecule has 0 N–H and O–H groups in total. The van der Waals surface area contributed by atoms with Gasteiger partial charge in [-0.05, 0) is 6.42 Å². The maximum atomic E-state index is 10.8. The van der Waals surface area contributed by atoms with Crippen molar-refractivity contribution in [2.24, 2.45) is 0 Å². The predicted octanol–water partition coefficient (Wildman–Crippen LogP) is 1.85. The largest absolute Gasteiger partial charge is 0.328 e. The maximum Gasteiger partial charge on any atom is 0.272 e. The van der Waals surface area contributed by atoms with Crippen molar-refractivity contribution in [3.63, 3.8) is 0 Å². The molecule has 1 aromatic carbocycles. The van der Waals surface area contributed by atoms with Crippen LogP contribution in [-0.4, -0.2) is 20.8 Å². The molecule has 0 saturated carbocycles. The first kappa shape index (κ1) is 12.0. The lowest BCUT2D eigenvalue weighted by molar-refractivity contribution is -0.385. The van der Waals surface area contributed by atoms with E-state index in [-0.39, 0.29) is 5.69 Å². The number of nitrogens with zero attached hydrogens (tertiary/aromatic N) is 3. The Labute approximate surface area is 103 Å². The number of aromatic nitrogens is 2. The van der Waals surface area contributed by atoms with Gasteiger partial charge in [0.25, 0.3) is 5.69 Å². The number of hydrogen-bond acceptors (Lipinski definition) is 4. The third-order valence-electron chi connectivity index (χ3n) is 2.66. The third-order valence-corrected chi connectivity index (χ3v) is 2.66. The van der Waals surface area contributed by atoms with E-state index < -0.39 is 4.92 Å². The summed E-state index contributed by atoms with van der Waals surface area (Å²) in [7, 11) is 0. The maximum absolute atomic E-state index is 10.8. The van der Waals surface area contributed by atoms with Gasteiger partial charge in [-0.2, -0.15) is 0 Å². The lowest BCUT2D eigenvalue weighted by atomic mass is 10.1. The second kappa shape index (κ2) is 5.22. The number of hydrogen-bond donors (Lipinski definition) is 0. The van der Waals surface area contributed by atoms with Crippen LogP contribution in [0.3, 0.4) is 0 Å². The Morgan fingerprint density at radius 1 is 1.39 bits per heavy atom. The van der Waals surface area contributed by atoms with Crippen molar-refractivity contribution in [1.82, 2.24) is 9.55 Å². The van der Waals surface area contributed by atoms with Gasteiger partial charge < -0.3 is 4.57 Å². The zero-order valence-electron chi connectivity index (χ0n) is 9.52. The van der Waals surface area contributed by atoms with E-state index in [2.05, 4.69) is 4.98 Å². The summed E-state index contributed by atoms with van der Waals surface area (Å²) >= 11 is 0. The second-order valence-electron chi connectivity index (χ2n) is 3.73. The fraction of sp³-hybridized carbons (Fsp3) is 0.167. The molecule has 2 rings (SSSR count). The lowest BCUT2D eigenvalue weighted by Crippen LogP contribution is -2.06. The van der Waals surface area contributed by atoms with E-state index in [0.29, 0.717) is 30.6 Å². The first-order valence-electron chi connectivity index (χ1n) is 5.41. The normalized spacial score (nSPS) is 10.2. The van der Waals surface area contributed by atoms with Crippen molar-refractivity contribution in [2.45, 2.75) is 13.0 Å². The van der Waals surface area contributed by atoms with Gasteiger partial charge in [-0.3, -0.25) is 14.9 Å². The van der Waals surface area contributed by atoms with Gasteiger partial charge in [0.15, 0.2) is 12.1 Å². The molecule has 6 nitrogen and oxygen atoms in total. The minimum Gasteiger partial charge on any atom is -0.328 e. The molecule has 0 fully saturated rings. The van der Waals surface area contributed by atoms with Crippen molar-refractivity contribution < 1.29 is 9.72 Å². The van der Waals surface area contributed by atoms with Crippen LogP contribution < -0.4 is 0 Å². The van der Waals surface area contributed by atoms with Crippen LogP contribution in [0.1, 0.15) is 16.2 Å². The van der Waals surface area contributed by atoms with Crippen LogP contribution in [-0.2, 0) is 13.0 Å². The Kier molecular flexibility index (Phi) is 3.47. The molecule has 1 heterocycles. The van der Waals surface area contributed by atoms with E-state index in [0.717, 1.165) is 0 Å². The summed E-state index contributed by atoms with van der Waals surface area (Å²) in [5.41, 5.74) is 0.748. The molecule has 6 heteroatoms. The summed E-state index contributed by atoms with van der Waals surface area (Å²) < 4.78 is 1.67. The van der Waals surface area contributed by atoms with Gasteiger partial charge in [0.05, 0.1) is 4.92 Å². The molecule has 92 valence electrons. The van der Waals surface area contributed by atoms with Gasteiger partial charge in [0.1, 0.15) is 0 Å². The highest BCUT2D eigenvalue weighted by atomic mass is 16.6. The van der Waals surface area contributed by atoms with E-state index in [1.807, 2.05) is 0 Å². The van der Waals surface area contributed by atoms with E-state index >= 15 is 0 Å². The highest BCUT2D eigenvalue weighted by Crippen LogP contribution is 2.18. The summed E-state index contributed by atoms with van der Waals surface area (Å²) in [4.78, 5) is 25.0. The van der Waals surface area contributed by atoms with Crippen LogP contribution >= 0.6 is 0 Å². The van der Waals surface area contributed by atoms with Crippen LogP contribution in [0, 0.1) is 10.1 Å². The summed E-state index contributed by atoms with van der Waals surface area (Å²) in [5.74, 6) is 0.327. The number of rotatable bonds is 5. The molecule has 1 aromatic heterocycles. The SMILES string of the molecule is O=Cc1nccn1CCc1ccccc1[N+](=O)[O-]. The fourth-order valence-corrected chi connectivity index (χ4v) is 1.77. The number of nitro groups is 1. The van der Waals surface area contributed by atoms with Crippen LogP contribution in [0.25, 0.3) is 0 Å². The summed E-state index contributed by atoms with van der Waals surface area (Å²) in [5, 5.41) is 10.8. The zero-order valence-corrected chi connectivity index (χ0v) is 9.52. The van der Waals surface area contributed by atoms with Crippen molar-refractivity contribution in [3.8, 4) is 0 Å². The number of para-hydroxylation sites is 1. The molecule has 0 atom stereocenters. The van der Waals surface area contributed by atoms with Crippen molar-refractivity contribution in [2.75, 3.05) is 0 Å². The first-order valence-corrected chi connectivity index (χ1v) is 5.41. The van der Waals surface area contributed by atoms with E-state index in [4.69, 9.17) is 0 Å². The number of carbonyl (C=O) groups is 1. The molecule has 0 saturated heterocycles. The molecule has 0 radical (unpaired) electrons. The van der Waals surface area contributed by atoms with Gasteiger partial charge in [-0.1, -0.05) is 18.2 Å². The molecule has 0 amide bonds. The number of aryl methyl sites for hydroxylation is 2. The minimum atomic E-state index is -0.399. The predicted molar refractivity (Wildman–Crippen MR) is 64.4 cm³/mol. The Balaban J connectivity index is 2.16. The van der Waals surface area contributed by atoms with Crippen LogP contribution in [0.15, 0.2) is 36.7 Å². The second-order valence-corrected chi connectivity index (χ2v) is 3.73. The van der Waals surface area contributed by atoms with Crippen molar-refractivity contribution >= 4 is 12.0 Å². The molecule has 0 unspecified atom stereocenters. The smallest absolute Gasteiger partial charge is 0.272 e. The Morgan fingerprint density at radius 2 is 2.17 bits per heavy atom. The average Bonchev–Trinajstić information content (AvgIpc) is 2.84. The highest BCUT2D eigenvalue weighted by molar-refractivity contribution is 5.69. The van der Waals surface area contributed by atoms with Gasteiger partial charge in [0, 0.05) is 30.6 Å². The summed E-state index contributed by atoms with van der Waals surface area (Å²) in [6, 6.07) is 6.59. The molecular weight excluding hydrogens is 234 g/mol. The Morgan fingerprint density at radius 3 is 2.89 bits per heavy atom. The minimum absolute atomic E-state index is 0.102. The first-order chi connectivity index (χ1) is 8.72. The molecule has 0 aliphatic carbocycles. The summed E-state index contributed by atoms with van der Waals surface area (Å²) in [6.45, 7) is 0.485. The van der Waals surface area contributed by atoms with Gasteiger partial charge in [-0.25, -0.2) is 4.98 Å². The zero-order chi connectivity index (χ0) is 13.0. The standard InChI is InChI=1S/C12H11N3O3/c16-9-12-13-6-8-14(12)7-5-10-3-1-2-4-11(10)15(17)18/h1-4,6,8-9H,5,7H2. The van der Waals surface area contributed by atoms with Crippen molar-refractivity contribution in [1.29, 1.82) is 0 Å². The van der Waals surface area contributed by atoms with E-state index in [1.165, 1.54) is 12.3 Å². The molecular formula is C12H11N3O3. The number of nitro benzene ring substituents is 1. The Hall–Kier alpha value is -2.50. The highest BCUT2D eigenvalue weighted by Gasteiger charge is 2.12. The number of aldehydes is 1. The molecule has 0 bridgehead atoms. The molecule has 2 aromatic rings. The molecule has 0 aliphatic heterocycles. The van der Waals surface area contributed by atoms with E-state index in [9.17, 15) is 14.9 Å². The fourth-order valence-electron chi connectivity index (χ4n) is 1.77. The molecule has 0 aliphatic rings. The number of benzene rings is 1. The number of carbonyl (C=O) groups excluding carboxylic acids is 1. The molecule has 18 heavy (non-hydrogen) atoms. The van der Waals surface area contributed by atoms with Gasteiger partial charge in [-0.15, -0.1) is 0 Å². The third kappa shape index (κ3) is 2.42.